The van der Waals surface area contributed by atoms with Crippen molar-refractivity contribution in [1.82, 2.24) is 19.8 Å². The van der Waals surface area contributed by atoms with Gasteiger partial charge in [0.25, 0.3) is 5.91 Å². The molecule has 5 aromatic rings. The molecule has 306 valence electrons. The Morgan fingerprint density at radius 1 is 0.897 bits per heavy atom. The molecule has 13 heteroatoms. The minimum atomic E-state index is -3.62. The van der Waals surface area contributed by atoms with Gasteiger partial charge in [0, 0.05) is 56.2 Å². The van der Waals surface area contributed by atoms with Gasteiger partial charge in [-0.05, 0) is 109 Å². The molecule has 0 saturated carbocycles. The van der Waals surface area contributed by atoms with E-state index in [1.807, 2.05) is 76.2 Å². The summed E-state index contributed by atoms with van der Waals surface area (Å²) in [5, 5.41) is 3.81. The second-order valence-corrected chi connectivity index (χ2v) is 17.9. The van der Waals surface area contributed by atoms with Crippen LogP contribution in [0.1, 0.15) is 76.8 Å². The van der Waals surface area contributed by atoms with Gasteiger partial charge in [0.1, 0.15) is 11.6 Å². The Balaban J connectivity index is 1.17. The van der Waals surface area contributed by atoms with Gasteiger partial charge >= 0.3 is 0 Å². The van der Waals surface area contributed by atoms with Crippen LogP contribution in [0, 0.1) is 6.92 Å². The van der Waals surface area contributed by atoms with Crippen molar-refractivity contribution in [3.05, 3.63) is 107 Å². The van der Waals surface area contributed by atoms with Crippen LogP contribution in [-0.4, -0.2) is 100 Å². The van der Waals surface area contributed by atoms with E-state index in [0.29, 0.717) is 41.2 Å². The molecule has 0 spiro atoms. The molecule has 12 nitrogen and oxygen atoms in total. The molecule has 0 unspecified atom stereocenters. The number of anilines is 2. The first-order chi connectivity index (χ1) is 27.5. The summed E-state index contributed by atoms with van der Waals surface area (Å²) in [5.74, 6) is 1.12. The Kier molecular flexibility index (Phi) is 12.8. The predicted molar refractivity (Wildman–Crippen MR) is 231 cm³/mol. The van der Waals surface area contributed by atoms with E-state index in [2.05, 4.69) is 31.9 Å². The quantitative estimate of drug-likeness (QED) is 0.109. The maximum Gasteiger partial charge on any atom is 0.255 e. The van der Waals surface area contributed by atoms with Crippen LogP contribution < -0.4 is 19.5 Å². The zero-order valence-corrected chi connectivity index (χ0v) is 35.5. The average molecular weight is 807 g/mol. The number of likely N-dealkylation sites (N-methyl/N-ethyl adjacent to an activating group) is 1. The van der Waals surface area contributed by atoms with E-state index in [1.165, 1.54) is 7.11 Å². The van der Waals surface area contributed by atoms with Gasteiger partial charge in [-0.1, -0.05) is 39.0 Å². The van der Waals surface area contributed by atoms with Crippen molar-refractivity contribution in [2.75, 3.05) is 70.3 Å². The highest BCUT2D eigenvalue weighted by atomic mass is 32.2. The van der Waals surface area contributed by atoms with Gasteiger partial charge in [0.2, 0.25) is 10.0 Å². The van der Waals surface area contributed by atoms with Crippen molar-refractivity contribution < 1.29 is 27.5 Å². The van der Waals surface area contributed by atoms with Crippen molar-refractivity contribution in [3.8, 4) is 22.6 Å². The number of carbonyl (C=O) groups is 2. The van der Waals surface area contributed by atoms with E-state index in [4.69, 9.17) is 14.5 Å². The molecule has 2 heterocycles. The second kappa shape index (κ2) is 17.6. The number of methoxy groups -OCH3 is 2. The summed E-state index contributed by atoms with van der Waals surface area (Å²) in [7, 11) is 1.54. The second-order valence-electron chi connectivity index (χ2n) is 16.2. The molecule has 0 atom stereocenters. The largest absolute Gasteiger partial charge is 0.496 e. The number of piperazine rings is 1. The third-order valence-electron chi connectivity index (χ3n) is 10.5. The molecule has 1 saturated heterocycles. The summed E-state index contributed by atoms with van der Waals surface area (Å²) in [6.45, 7) is 13.1. The van der Waals surface area contributed by atoms with Crippen molar-refractivity contribution in [3.63, 3.8) is 0 Å². The summed E-state index contributed by atoms with van der Waals surface area (Å²) in [4.78, 5) is 41.2. The number of Topliss-reactive ketones (excluding diaryl/α,β-unsaturated/α-hetero) is 1. The Hall–Kier alpha value is -5.37. The molecule has 58 heavy (non-hydrogen) atoms. The standard InChI is InChI=1S/C45H54N6O6S/c1-29-11-13-32(44(53)48-38-26-34(45(2,3)4)27-39(43(38)57-7)49-58(8,54)55)25-36(29)31-14-16-37-33(24-31)28-46-42(47-37)23-30-12-15-35(41(22-30)56-6)40(52)10-9-17-51-20-18-50(5)19-21-51/h11-16,22,24-28,49H,9-10,17-21,23H2,1-8H3,(H,48,53). The van der Waals surface area contributed by atoms with E-state index in [-0.39, 0.29) is 28.5 Å². The molecule has 2 N–H and O–H groups in total. The van der Waals surface area contributed by atoms with Gasteiger partial charge in [-0.3, -0.25) is 14.3 Å². The molecule has 0 aliphatic carbocycles. The number of hydrogen-bond donors (Lipinski definition) is 2. The van der Waals surface area contributed by atoms with Crippen molar-refractivity contribution in [2.24, 2.45) is 0 Å². The monoisotopic (exact) mass is 806 g/mol. The van der Waals surface area contributed by atoms with Crippen LogP contribution in [0.5, 0.6) is 11.5 Å². The Labute approximate surface area is 342 Å². The molecule has 1 aliphatic rings. The zero-order valence-electron chi connectivity index (χ0n) is 34.7. The lowest BCUT2D eigenvalue weighted by atomic mass is 9.86. The number of aryl methyl sites for hydroxylation is 1. The van der Waals surface area contributed by atoms with Gasteiger partial charge < -0.3 is 24.6 Å². The Morgan fingerprint density at radius 3 is 2.33 bits per heavy atom. The van der Waals surface area contributed by atoms with Gasteiger partial charge in [0.15, 0.2) is 11.5 Å². The molecule has 1 amide bonds. The average Bonchev–Trinajstić information content (AvgIpc) is 3.17. The number of nitrogens with one attached hydrogen (secondary N) is 2. The summed E-state index contributed by atoms with van der Waals surface area (Å²) in [5.41, 5.74) is 6.54. The highest BCUT2D eigenvalue weighted by Crippen LogP contribution is 2.39. The summed E-state index contributed by atoms with van der Waals surface area (Å²) >= 11 is 0. The van der Waals surface area contributed by atoms with Crippen molar-refractivity contribution in [1.29, 1.82) is 0 Å². The molecule has 6 rings (SSSR count). The number of hydrogen-bond acceptors (Lipinski definition) is 10. The smallest absolute Gasteiger partial charge is 0.255 e. The van der Waals surface area contributed by atoms with Crippen LogP contribution in [0.4, 0.5) is 11.4 Å². The van der Waals surface area contributed by atoms with E-state index >= 15 is 0 Å². The molecule has 4 aromatic carbocycles. The number of carbonyl (C=O) groups excluding carboxylic acids is 2. The van der Waals surface area contributed by atoms with Crippen LogP contribution >= 0.6 is 0 Å². The van der Waals surface area contributed by atoms with E-state index in [9.17, 15) is 18.0 Å². The Morgan fingerprint density at radius 2 is 1.64 bits per heavy atom. The molecular weight excluding hydrogens is 753 g/mol. The maximum atomic E-state index is 13.8. The first-order valence-corrected chi connectivity index (χ1v) is 21.4. The zero-order chi connectivity index (χ0) is 41.8. The minimum absolute atomic E-state index is 0.0841. The fourth-order valence-corrected chi connectivity index (χ4v) is 7.72. The maximum absolute atomic E-state index is 13.8. The minimum Gasteiger partial charge on any atom is -0.496 e. The SMILES string of the molecule is COc1cc(Cc2ncc3cc(-c4cc(C(=O)Nc5cc(C(C)(C)C)cc(NS(C)(=O)=O)c5OC)ccc4C)ccc3n2)ccc1C(=O)CCCN1CCN(C)CC1. The third kappa shape index (κ3) is 10.4. The van der Waals surface area contributed by atoms with E-state index in [1.54, 1.807) is 31.5 Å². The van der Waals surface area contributed by atoms with E-state index < -0.39 is 10.0 Å². The molecule has 1 aliphatic heterocycles. The third-order valence-corrected chi connectivity index (χ3v) is 11.1. The molecule has 1 aromatic heterocycles. The number of ketones is 1. The van der Waals surface area contributed by atoms with Crippen molar-refractivity contribution >= 4 is 44.0 Å². The van der Waals surface area contributed by atoms with Crippen molar-refractivity contribution in [2.45, 2.75) is 52.4 Å². The summed E-state index contributed by atoms with van der Waals surface area (Å²) in [6.07, 6.45) is 4.64. The summed E-state index contributed by atoms with van der Waals surface area (Å²) < 4.78 is 38.2. The normalized spacial score (nSPS) is 14.0. The van der Waals surface area contributed by atoms with Crippen LogP contribution in [0.25, 0.3) is 22.0 Å². The summed E-state index contributed by atoms with van der Waals surface area (Å²) in [6, 6.07) is 20.7. The Bertz CT molecular complexity index is 2440. The molecule has 1 fully saturated rings. The fourth-order valence-electron chi connectivity index (χ4n) is 7.17. The topological polar surface area (TPSA) is 143 Å². The van der Waals surface area contributed by atoms with Gasteiger partial charge in [-0.15, -0.1) is 0 Å². The van der Waals surface area contributed by atoms with Gasteiger partial charge in [0.05, 0.1) is 42.9 Å². The van der Waals surface area contributed by atoms with Crippen LogP contribution in [0.15, 0.2) is 72.9 Å². The number of benzene rings is 4. The lowest BCUT2D eigenvalue weighted by molar-refractivity contribution is 0.0963. The number of amides is 1. The van der Waals surface area contributed by atoms with Crippen LogP contribution in [0.2, 0.25) is 0 Å². The molecule has 0 radical (unpaired) electrons. The first kappa shape index (κ1) is 42.2. The highest BCUT2D eigenvalue weighted by Gasteiger charge is 2.23. The predicted octanol–water partition coefficient (Wildman–Crippen LogP) is 7.34. The number of rotatable bonds is 14. The number of sulfonamides is 1. The number of fused-ring (bicyclic) bond motifs is 1. The van der Waals surface area contributed by atoms with Crippen LogP contribution in [-0.2, 0) is 21.9 Å². The fraction of sp³-hybridized carbons (Fsp3) is 0.378. The van der Waals surface area contributed by atoms with E-state index in [0.717, 1.165) is 84.1 Å². The number of nitrogens with zero attached hydrogens (tertiary/aromatic N) is 4. The molecular formula is C45H54N6O6S. The molecule has 0 bridgehead atoms. The number of aromatic nitrogens is 2. The van der Waals surface area contributed by atoms with Gasteiger partial charge in [-0.2, -0.15) is 0 Å². The number of ether oxygens (including phenoxy) is 2. The lowest BCUT2D eigenvalue weighted by Crippen LogP contribution is -2.44. The van der Waals surface area contributed by atoms with Gasteiger partial charge in [-0.25, -0.2) is 18.4 Å². The highest BCUT2D eigenvalue weighted by molar-refractivity contribution is 7.92. The van der Waals surface area contributed by atoms with Crippen LogP contribution in [0.3, 0.4) is 0 Å². The first-order valence-electron chi connectivity index (χ1n) is 19.5. The lowest BCUT2D eigenvalue weighted by Gasteiger charge is -2.32.